The van der Waals surface area contributed by atoms with Crippen molar-refractivity contribution in [2.75, 3.05) is 11.9 Å². The molecule has 0 spiro atoms. The molecule has 0 saturated carbocycles. The van der Waals surface area contributed by atoms with Gasteiger partial charge in [0.25, 0.3) is 0 Å². The lowest BCUT2D eigenvalue weighted by atomic mass is 10.1. The van der Waals surface area contributed by atoms with Gasteiger partial charge in [0.05, 0.1) is 17.3 Å². The Morgan fingerprint density at radius 2 is 1.90 bits per heavy atom. The van der Waals surface area contributed by atoms with Crippen LogP contribution in [0.1, 0.15) is 11.7 Å². The number of hydrogen-bond donors (Lipinski definition) is 2. The van der Waals surface area contributed by atoms with Gasteiger partial charge in [-0.1, -0.05) is 42.5 Å². The van der Waals surface area contributed by atoms with Crippen molar-refractivity contribution in [1.29, 1.82) is 0 Å². The van der Waals surface area contributed by atoms with Crippen LogP contribution in [0.15, 0.2) is 65.3 Å². The summed E-state index contributed by atoms with van der Waals surface area (Å²) in [6, 6.07) is 17.6. The van der Waals surface area contributed by atoms with Crippen LogP contribution < -0.4 is 5.32 Å². The van der Waals surface area contributed by atoms with Gasteiger partial charge in [0.15, 0.2) is 0 Å². The molecule has 21 heavy (non-hydrogen) atoms. The maximum absolute atomic E-state index is 10.2. The van der Waals surface area contributed by atoms with Crippen molar-refractivity contribution in [2.45, 2.75) is 6.10 Å². The number of pyridine rings is 1. The summed E-state index contributed by atoms with van der Waals surface area (Å²) in [4.78, 5) is 4.44. The number of aliphatic hydroxyl groups excluding tert-OH is 1. The third kappa shape index (κ3) is 3.23. The SMILES string of the molecule is OC(CNc1cccc2cc(Br)cnc12)c1ccccc1. The van der Waals surface area contributed by atoms with E-state index < -0.39 is 6.10 Å². The number of para-hydroxylation sites is 1. The number of aromatic nitrogens is 1. The van der Waals surface area contributed by atoms with Crippen LogP contribution in [0.4, 0.5) is 5.69 Å². The maximum atomic E-state index is 10.2. The third-order valence-corrected chi connectivity index (χ3v) is 3.78. The van der Waals surface area contributed by atoms with Gasteiger partial charge in [-0.2, -0.15) is 0 Å². The second-order valence-electron chi connectivity index (χ2n) is 4.84. The number of fused-ring (bicyclic) bond motifs is 1. The molecule has 0 fully saturated rings. The average Bonchev–Trinajstić information content (AvgIpc) is 2.53. The van der Waals surface area contributed by atoms with E-state index in [-0.39, 0.29) is 0 Å². The highest BCUT2D eigenvalue weighted by molar-refractivity contribution is 9.10. The lowest BCUT2D eigenvalue weighted by Gasteiger charge is -2.14. The van der Waals surface area contributed by atoms with Crippen molar-refractivity contribution in [2.24, 2.45) is 0 Å². The Morgan fingerprint density at radius 1 is 1.10 bits per heavy atom. The molecule has 2 aromatic carbocycles. The number of halogens is 1. The van der Waals surface area contributed by atoms with E-state index in [0.717, 1.165) is 26.6 Å². The van der Waals surface area contributed by atoms with Crippen molar-refractivity contribution in [3.05, 3.63) is 70.8 Å². The summed E-state index contributed by atoms with van der Waals surface area (Å²) in [7, 11) is 0. The Kier molecular flexibility index (Phi) is 4.18. The van der Waals surface area contributed by atoms with Gasteiger partial charge < -0.3 is 10.4 Å². The summed E-state index contributed by atoms with van der Waals surface area (Å²) in [5.74, 6) is 0. The van der Waals surface area contributed by atoms with Gasteiger partial charge in [-0.25, -0.2) is 0 Å². The van der Waals surface area contributed by atoms with Gasteiger partial charge >= 0.3 is 0 Å². The molecule has 0 aliphatic heterocycles. The highest BCUT2D eigenvalue weighted by atomic mass is 79.9. The molecule has 0 aliphatic rings. The van der Waals surface area contributed by atoms with Crippen molar-refractivity contribution in [1.82, 2.24) is 4.98 Å². The molecule has 0 amide bonds. The number of nitrogens with one attached hydrogen (secondary N) is 1. The topological polar surface area (TPSA) is 45.1 Å². The predicted octanol–water partition coefficient (Wildman–Crippen LogP) is 4.14. The van der Waals surface area contributed by atoms with E-state index in [9.17, 15) is 5.11 Å². The molecular formula is C17H15BrN2O. The van der Waals surface area contributed by atoms with Gasteiger partial charge in [-0.3, -0.25) is 4.98 Å². The first-order valence-corrected chi connectivity index (χ1v) is 7.54. The molecule has 3 aromatic rings. The fourth-order valence-electron chi connectivity index (χ4n) is 2.28. The van der Waals surface area contributed by atoms with E-state index >= 15 is 0 Å². The van der Waals surface area contributed by atoms with E-state index in [4.69, 9.17) is 0 Å². The monoisotopic (exact) mass is 342 g/mol. The number of hydrogen-bond acceptors (Lipinski definition) is 3. The van der Waals surface area contributed by atoms with Gasteiger partial charge in [-0.15, -0.1) is 0 Å². The van der Waals surface area contributed by atoms with Crippen LogP contribution in [0.3, 0.4) is 0 Å². The lowest BCUT2D eigenvalue weighted by Crippen LogP contribution is -2.12. The summed E-state index contributed by atoms with van der Waals surface area (Å²) < 4.78 is 0.955. The fourth-order valence-corrected chi connectivity index (χ4v) is 2.63. The van der Waals surface area contributed by atoms with E-state index in [0.29, 0.717) is 6.54 Å². The number of benzene rings is 2. The molecule has 3 rings (SSSR count). The quantitative estimate of drug-likeness (QED) is 0.748. The normalized spacial score (nSPS) is 12.3. The summed E-state index contributed by atoms with van der Waals surface area (Å²) in [6.07, 6.45) is 1.23. The number of rotatable bonds is 4. The molecule has 1 heterocycles. The van der Waals surface area contributed by atoms with Crippen molar-refractivity contribution in [3.8, 4) is 0 Å². The second-order valence-corrected chi connectivity index (χ2v) is 5.75. The molecule has 106 valence electrons. The molecule has 0 bridgehead atoms. The number of nitrogens with zero attached hydrogens (tertiary/aromatic N) is 1. The Labute approximate surface area is 131 Å². The molecule has 4 heteroatoms. The van der Waals surface area contributed by atoms with Crippen LogP contribution in [0.2, 0.25) is 0 Å². The van der Waals surface area contributed by atoms with E-state index in [1.807, 2.05) is 54.6 Å². The first-order valence-electron chi connectivity index (χ1n) is 6.75. The molecule has 1 aromatic heterocycles. The molecule has 0 saturated heterocycles. The van der Waals surface area contributed by atoms with Gasteiger partial charge in [0.2, 0.25) is 0 Å². The molecule has 1 atom stereocenters. The summed E-state index contributed by atoms with van der Waals surface area (Å²) in [6.45, 7) is 0.445. The standard InChI is InChI=1S/C17H15BrN2O/c18-14-9-13-7-4-8-15(17(13)20-10-14)19-11-16(21)12-5-2-1-3-6-12/h1-10,16,19,21H,11H2. The Bertz CT molecular complexity index is 746. The minimum Gasteiger partial charge on any atom is -0.387 e. The third-order valence-electron chi connectivity index (χ3n) is 3.35. The average molecular weight is 343 g/mol. The zero-order valence-electron chi connectivity index (χ0n) is 11.3. The van der Waals surface area contributed by atoms with Crippen molar-refractivity contribution < 1.29 is 5.11 Å². The van der Waals surface area contributed by atoms with Crippen LogP contribution in [0.25, 0.3) is 10.9 Å². The Hall–Kier alpha value is -1.91. The largest absolute Gasteiger partial charge is 0.387 e. The Morgan fingerprint density at radius 3 is 2.71 bits per heavy atom. The minimum absolute atomic E-state index is 0.445. The van der Waals surface area contributed by atoms with E-state index in [1.165, 1.54) is 0 Å². The van der Waals surface area contributed by atoms with Gasteiger partial charge in [0.1, 0.15) is 0 Å². The molecule has 3 nitrogen and oxygen atoms in total. The van der Waals surface area contributed by atoms with Crippen molar-refractivity contribution in [3.63, 3.8) is 0 Å². The summed E-state index contributed by atoms with van der Waals surface area (Å²) >= 11 is 3.43. The summed E-state index contributed by atoms with van der Waals surface area (Å²) in [5, 5.41) is 14.5. The van der Waals surface area contributed by atoms with Gasteiger partial charge in [0, 0.05) is 22.6 Å². The second kappa shape index (κ2) is 6.24. The van der Waals surface area contributed by atoms with Crippen LogP contribution in [0.5, 0.6) is 0 Å². The van der Waals surface area contributed by atoms with Crippen LogP contribution >= 0.6 is 15.9 Å². The molecular weight excluding hydrogens is 328 g/mol. The van der Waals surface area contributed by atoms with Crippen LogP contribution in [-0.2, 0) is 0 Å². The highest BCUT2D eigenvalue weighted by Gasteiger charge is 2.08. The van der Waals surface area contributed by atoms with Crippen LogP contribution in [-0.4, -0.2) is 16.6 Å². The number of aliphatic hydroxyl groups is 1. The van der Waals surface area contributed by atoms with E-state index in [1.54, 1.807) is 6.20 Å². The molecule has 0 aliphatic carbocycles. The lowest BCUT2D eigenvalue weighted by molar-refractivity contribution is 0.191. The fraction of sp³-hybridized carbons (Fsp3) is 0.118. The smallest absolute Gasteiger partial charge is 0.0962 e. The summed E-state index contributed by atoms with van der Waals surface area (Å²) in [5.41, 5.74) is 2.73. The Balaban J connectivity index is 1.79. The molecule has 2 N–H and O–H groups in total. The first kappa shape index (κ1) is 14.0. The van der Waals surface area contributed by atoms with E-state index in [2.05, 4.69) is 26.2 Å². The maximum Gasteiger partial charge on any atom is 0.0962 e. The van der Waals surface area contributed by atoms with Gasteiger partial charge in [-0.05, 0) is 33.6 Å². The number of anilines is 1. The first-order chi connectivity index (χ1) is 10.2. The highest BCUT2D eigenvalue weighted by Crippen LogP contribution is 2.24. The van der Waals surface area contributed by atoms with Crippen molar-refractivity contribution >= 4 is 32.5 Å². The zero-order valence-corrected chi connectivity index (χ0v) is 12.9. The minimum atomic E-state index is -0.545. The molecule has 1 unspecified atom stereocenters. The molecule has 0 radical (unpaired) electrons. The van der Waals surface area contributed by atoms with Crippen LogP contribution in [0, 0.1) is 0 Å². The predicted molar refractivity (Wildman–Crippen MR) is 89.3 cm³/mol. The zero-order chi connectivity index (χ0) is 14.7.